The highest BCUT2D eigenvalue weighted by atomic mass is 16.3. The zero-order chi connectivity index (χ0) is 10.0. The standard InChI is InChI=1S/C10H14O3/c1-3-6(2)8-4-7(11)5-9(12)10(8)13/h4-6,11-13H,3H2,1-2H3. The third-order valence-electron chi connectivity index (χ3n) is 2.25. The molecule has 0 aromatic heterocycles. The highest BCUT2D eigenvalue weighted by molar-refractivity contribution is 5.50. The molecule has 3 nitrogen and oxygen atoms in total. The summed E-state index contributed by atoms with van der Waals surface area (Å²) in [6.45, 7) is 3.90. The van der Waals surface area contributed by atoms with Gasteiger partial charge in [-0.3, -0.25) is 0 Å². The smallest absolute Gasteiger partial charge is 0.161 e. The molecule has 3 N–H and O–H groups in total. The van der Waals surface area contributed by atoms with Crippen molar-refractivity contribution in [1.82, 2.24) is 0 Å². The van der Waals surface area contributed by atoms with E-state index in [0.29, 0.717) is 5.56 Å². The van der Waals surface area contributed by atoms with Crippen LogP contribution in [0.25, 0.3) is 0 Å². The van der Waals surface area contributed by atoms with E-state index >= 15 is 0 Å². The van der Waals surface area contributed by atoms with Gasteiger partial charge in [0, 0.05) is 11.6 Å². The molecular formula is C10H14O3. The Kier molecular flexibility index (Phi) is 2.66. The van der Waals surface area contributed by atoms with Crippen LogP contribution in [0, 0.1) is 0 Å². The Morgan fingerprint density at radius 1 is 1.23 bits per heavy atom. The minimum absolute atomic E-state index is 0.0226. The van der Waals surface area contributed by atoms with Gasteiger partial charge in [0.15, 0.2) is 11.5 Å². The van der Waals surface area contributed by atoms with Crippen LogP contribution < -0.4 is 0 Å². The van der Waals surface area contributed by atoms with Gasteiger partial charge in [0.05, 0.1) is 0 Å². The first kappa shape index (κ1) is 9.71. The molecule has 1 rings (SSSR count). The van der Waals surface area contributed by atoms with E-state index in [1.807, 2.05) is 13.8 Å². The van der Waals surface area contributed by atoms with Crippen LogP contribution in [0.4, 0.5) is 0 Å². The Labute approximate surface area is 77.3 Å². The zero-order valence-corrected chi connectivity index (χ0v) is 7.78. The molecule has 0 spiro atoms. The van der Waals surface area contributed by atoms with E-state index < -0.39 is 0 Å². The average Bonchev–Trinajstić information content (AvgIpc) is 2.10. The lowest BCUT2D eigenvalue weighted by Gasteiger charge is -2.12. The van der Waals surface area contributed by atoms with E-state index in [0.717, 1.165) is 12.5 Å². The molecule has 3 heteroatoms. The van der Waals surface area contributed by atoms with Crippen molar-refractivity contribution in [2.24, 2.45) is 0 Å². The minimum Gasteiger partial charge on any atom is -0.508 e. The van der Waals surface area contributed by atoms with E-state index in [4.69, 9.17) is 0 Å². The molecule has 72 valence electrons. The fourth-order valence-corrected chi connectivity index (χ4v) is 1.22. The lowest BCUT2D eigenvalue weighted by molar-refractivity contribution is 0.388. The molecule has 0 amide bonds. The second-order valence-electron chi connectivity index (χ2n) is 3.21. The third-order valence-corrected chi connectivity index (χ3v) is 2.25. The van der Waals surface area contributed by atoms with E-state index in [2.05, 4.69) is 0 Å². The van der Waals surface area contributed by atoms with Crippen molar-refractivity contribution < 1.29 is 15.3 Å². The Morgan fingerprint density at radius 2 is 1.85 bits per heavy atom. The minimum atomic E-state index is -0.268. The quantitative estimate of drug-likeness (QED) is 0.486. The largest absolute Gasteiger partial charge is 0.508 e. The van der Waals surface area contributed by atoms with Gasteiger partial charge in [0.25, 0.3) is 0 Å². The van der Waals surface area contributed by atoms with Crippen molar-refractivity contribution in [3.8, 4) is 17.2 Å². The zero-order valence-electron chi connectivity index (χ0n) is 7.78. The second kappa shape index (κ2) is 3.56. The van der Waals surface area contributed by atoms with Crippen molar-refractivity contribution in [2.45, 2.75) is 26.2 Å². The van der Waals surface area contributed by atoms with Crippen LogP contribution in [-0.2, 0) is 0 Å². The highest BCUT2D eigenvalue weighted by Crippen LogP contribution is 2.38. The molecule has 0 aliphatic rings. The Balaban J connectivity index is 3.20. The van der Waals surface area contributed by atoms with E-state index in [1.54, 1.807) is 0 Å². The lowest BCUT2D eigenvalue weighted by atomic mass is 9.97. The molecule has 0 radical (unpaired) electrons. The van der Waals surface area contributed by atoms with Gasteiger partial charge in [-0.2, -0.15) is 0 Å². The number of benzene rings is 1. The topological polar surface area (TPSA) is 60.7 Å². The number of phenols is 3. The second-order valence-corrected chi connectivity index (χ2v) is 3.21. The highest BCUT2D eigenvalue weighted by Gasteiger charge is 2.13. The summed E-state index contributed by atoms with van der Waals surface area (Å²) >= 11 is 0. The number of hydrogen-bond acceptors (Lipinski definition) is 3. The fourth-order valence-electron chi connectivity index (χ4n) is 1.22. The van der Waals surface area contributed by atoms with Crippen LogP contribution in [0.1, 0.15) is 31.7 Å². The SMILES string of the molecule is CCC(C)c1cc(O)cc(O)c1O. The van der Waals surface area contributed by atoms with E-state index in [1.165, 1.54) is 6.07 Å². The van der Waals surface area contributed by atoms with Gasteiger partial charge in [0.2, 0.25) is 0 Å². The van der Waals surface area contributed by atoms with Crippen molar-refractivity contribution in [3.63, 3.8) is 0 Å². The summed E-state index contributed by atoms with van der Waals surface area (Å²) in [7, 11) is 0. The van der Waals surface area contributed by atoms with Gasteiger partial charge in [-0.25, -0.2) is 0 Å². The van der Waals surface area contributed by atoms with E-state index in [-0.39, 0.29) is 23.2 Å². The van der Waals surface area contributed by atoms with E-state index in [9.17, 15) is 15.3 Å². The summed E-state index contributed by atoms with van der Waals surface area (Å²) in [6, 6.07) is 2.60. The monoisotopic (exact) mass is 182 g/mol. The molecule has 1 unspecified atom stereocenters. The molecule has 0 aliphatic heterocycles. The maximum absolute atomic E-state index is 9.46. The molecule has 0 heterocycles. The molecule has 1 atom stereocenters. The summed E-state index contributed by atoms with van der Waals surface area (Å²) in [4.78, 5) is 0. The number of aromatic hydroxyl groups is 3. The number of rotatable bonds is 2. The summed E-state index contributed by atoms with van der Waals surface area (Å²) in [6.07, 6.45) is 0.844. The Hall–Kier alpha value is -1.38. The van der Waals surface area contributed by atoms with Crippen LogP contribution in [0.2, 0.25) is 0 Å². The van der Waals surface area contributed by atoms with Crippen LogP contribution >= 0.6 is 0 Å². The van der Waals surface area contributed by atoms with Gasteiger partial charge in [-0.15, -0.1) is 0 Å². The van der Waals surface area contributed by atoms with Crippen molar-refractivity contribution in [3.05, 3.63) is 17.7 Å². The normalized spacial score (nSPS) is 12.8. The lowest BCUT2D eigenvalue weighted by Crippen LogP contribution is -1.91. The molecule has 0 fully saturated rings. The predicted octanol–water partition coefficient (Wildman–Crippen LogP) is 2.32. The maximum Gasteiger partial charge on any atom is 0.161 e. The van der Waals surface area contributed by atoms with Gasteiger partial charge >= 0.3 is 0 Å². The van der Waals surface area contributed by atoms with Crippen LogP contribution in [0.5, 0.6) is 17.2 Å². The molecule has 1 aromatic rings. The average molecular weight is 182 g/mol. The molecule has 0 saturated carbocycles. The predicted molar refractivity (Wildman–Crippen MR) is 50.1 cm³/mol. The Morgan fingerprint density at radius 3 is 2.38 bits per heavy atom. The van der Waals surface area contributed by atoms with Gasteiger partial charge in [-0.05, 0) is 18.4 Å². The molecule has 0 bridgehead atoms. The van der Waals surface area contributed by atoms with Gasteiger partial charge in [-0.1, -0.05) is 13.8 Å². The maximum atomic E-state index is 9.46. The first-order valence-electron chi connectivity index (χ1n) is 4.31. The first-order valence-corrected chi connectivity index (χ1v) is 4.31. The first-order chi connectivity index (χ1) is 6.06. The summed E-state index contributed by atoms with van der Waals surface area (Å²) in [5.41, 5.74) is 0.583. The molecule has 0 aliphatic carbocycles. The Bertz CT molecular complexity index is 307. The van der Waals surface area contributed by atoms with Gasteiger partial charge < -0.3 is 15.3 Å². The van der Waals surface area contributed by atoms with Crippen molar-refractivity contribution in [2.75, 3.05) is 0 Å². The summed E-state index contributed by atoms with van der Waals surface area (Å²) < 4.78 is 0. The summed E-state index contributed by atoms with van der Waals surface area (Å²) in [5, 5.41) is 27.9. The molecule has 1 aromatic carbocycles. The van der Waals surface area contributed by atoms with Crippen LogP contribution in [0.3, 0.4) is 0 Å². The fraction of sp³-hybridized carbons (Fsp3) is 0.400. The van der Waals surface area contributed by atoms with Crippen LogP contribution in [-0.4, -0.2) is 15.3 Å². The van der Waals surface area contributed by atoms with Gasteiger partial charge in [0.1, 0.15) is 5.75 Å². The third kappa shape index (κ3) is 1.86. The van der Waals surface area contributed by atoms with Crippen LogP contribution in [0.15, 0.2) is 12.1 Å². The molecule has 13 heavy (non-hydrogen) atoms. The summed E-state index contributed by atoms with van der Waals surface area (Å²) in [5.74, 6) is -0.300. The number of hydrogen-bond donors (Lipinski definition) is 3. The van der Waals surface area contributed by atoms with Crippen molar-refractivity contribution >= 4 is 0 Å². The van der Waals surface area contributed by atoms with Crippen molar-refractivity contribution in [1.29, 1.82) is 0 Å². The molecular weight excluding hydrogens is 168 g/mol. The molecule has 0 saturated heterocycles. The number of phenolic OH excluding ortho intramolecular Hbond substituents is 3.